The Bertz CT molecular complexity index is 1050. The molecule has 5 N–H and O–H groups in total. The molecule has 10 nitrogen and oxygen atoms in total. The molecule has 4 saturated carbocycles. The van der Waals surface area contributed by atoms with Gasteiger partial charge >= 0.3 is 5.97 Å². The number of hydrogen-bond donors (Lipinski definition) is 5. The Balaban J connectivity index is 1.22. The Labute approximate surface area is 228 Å². The SMILES string of the molecule is CC1O[C@H](O[C@H]2CC[C@]3(C=O)C4CC[C@]5(C)[C@H](C6=CC(=O)OC6)CC[C@]5(O)C4CC[C@]3(O)C2)C(O)C(O)[C@H]1O. The van der Waals surface area contributed by atoms with Gasteiger partial charge < -0.3 is 44.5 Å². The minimum atomic E-state index is -1.43. The van der Waals surface area contributed by atoms with Crippen molar-refractivity contribution in [1.82, 2.24) is 0 Å². The zero-order valence-electron chi connectivity index (χ0n) is 22.7. The predicted octanol–water partition coefficient (Wildman–Crippen LogP) is 0.750. The van der Waals surface area contributed by atoms with E-state index >= 15 is 0 Å². The lowest BCUT2D eigenvalue weighted by Crippen LogP contribution is -2.69. The highest BCUT2D eigenvalue weighted by atomic mass is 16.7. The van der Waals surface area contributed by atoms with Crippen molar-refractivity contribution in [3.8, 4) is 0 Å². The molecule has 0 spiro atoms. The van der Waals surface area contributed by atoms with Gasteiger partial charge in [-0.3, -0.25) is 0 Å². The molecular formula is C29H42O10. The van der Waals surface area contributed by atoms with Gasteiger partial charge in [0.15, 0.2) is 6.29 Å². The van der Waals surface area contributed by atoms with Crippen molar-refractivity contribution >= 4 is 12.3 Å². The second-order valence-electron chi connectivity index (χ2n) is 13.4. The third kappa shape index (κ3) is 3.78. The molecule has 0 aromatic carbocycles. The number of aldehydes is 1. The summed E-state index contributed by atoms with van der Waals surface area (Å²) in [5.74, 6) is -0.616. The molecule has 0 radical (unpaired) electrons. The summed E-state index contributed by atoms with van der Waals surface area (Å²) in [4.78, 5) is 24.8. The molecule has 0 bridgehead atoms. The summed E-state index contributed by atoms with van der Waals surface area (Å²) in [5, 5.41) is 55.0. The van der Waals surface area contributed by atoms with Crippen LogP contribution in [0.4, 0.5) is 0 Å². The number of esters is 1. The quantitative estimate of drug-likeness (QED) is 0.192. The van der Waals surface area contributed by atoms with Gasteiger partial charge in [-0.2, -0.15) is 0 Å². The molecule has 0 amide bonds. The Hall–Kier alpha value is -1.40. The standard InChI is InChI=1S/C29H42O10/c1-15-22(32)23(33)24(34)25(38-15)39-17-3-8-27(14-30)19-4-7-26(2)18(16-11-21(31)37-13-16)6-10-29(26,36)20(19)5-9-28(27,35)12-17/h11,14-15,17-20,22-25,32-36H,3-10,12-13H2,1-2H3/t15?,17-,18-,19?,20?,22-,23?,24?,25+,26+,27-,28-,29-/m0/s1. The highest BCUT2D eigenvalue weighted by Crippen LogP contribution is 2.70. The maximum absolute atomic E-state index is 13.0. The largest absolute Gasteiger partial charge is 0.458 e. The maximum atomic E-state index is 13.0. The van der Waals surface area contributed by atoms with Gasteiger partial charge in [-0.15, -0.1) is 0 Å². The fourth-order valence-corrected chi connectivity index (χ4v) is 9.75. The van der Waals surface area contributed by atoms with Crippen LogP contribution in [-0.2, 0) is 23.8 Å². The molecule has 2 heterocycles. The lowest BCUT2D eigenvalue weighted by Gasteiger charge is -2.65. The zero-order valence-corrected chi connectivity index (χ0v) is 22.7. The molecular weight excluding hydrogens is 508 g/mol. The van der Waals surface area contributed by atoms with Crippen molar-refractivity contribution in [3.63, 3.8) is 0 Å². The number of rotatable bonds is 4. The van der Waals surface area contributed by atoms with Gasteiger partial charge in [-0.25, -0.2) is 4.79 Å². The number of cyclic esters (lactones) is 1. The lowest BCUT2D eigenvalue weighted by molar-refractivity contribution is -0.317. The summed E-state index contributed by atoms with van der Waals surface area (Å²) in [6.07, 6.45) is 0.689. The second-order valence-corrected chi connectivity index (χ2v) is 13.4. The third-order valence-corrected chi connectivity index (χ3v) is 12.0. The smallest absolute Gasteiger partial charge is 0.331 e. The van der Waals surface area contributed by atoms with Crippen LogP contribution in [0.15, 0.2) is 11.6 Å². The van der Waals surface area contributed by atoms with Crippen LogP contribution in [-0.4, -0.2) is 92.4 Å². The maximum Gasteiger partial charge on any atom is 0.331 e. The minimum Gasteiger partial charge on any atom is -0.458 e. The summed E-state index contributed by atoms with van der Waals surface area (Å²) in [6, 6.07) is 0. The van der Waals surface area contributed by atoms with E-state index in [1.54, 1.807) is 13.0 Å². The van der Waals surface area contributed by atoms with Crippen LogP contribution in [0.25, 0.3) is 0 Å². The lowest BCUT2D eigenvalue weighted by atomic mass is 9.41. The fourth-order valence-electron chi connectivity index (χ4n) is 9.75. The highest BCUT2D eigenvalue weighted by Gasteiger charge is 2.71. The molecule has 5 fully saturated rings. The fraction of sp³-hybridized carbons (Fsp3) is 0.862. The highest BCUT2D eigenvalue weighted by molar-refractivity contribution is 5.85. The van der Waals surface area contributed by atoms with Crippen LogP contribution in [0.2, 0.25) is 0 Å². The zero-order chi connectivity index (χ0) is 28.0. The molecule has 10 heteroatoms. The second kappa shape index (κ2) is 9.31. The average Bonchev–Trinajstić information content (AvgIpc) is 3.45. The topological polar surface area (TPSA) is 163 Å². The average molecular weight is 551 g/mol. The molecule has 6 rings (SSSR count). The number of hydrogen-bond acceptors (Lipinski definition) is 10. The van der Waals surface area contributed by atoms with E-state index in [4.69, 9.17) is 14.2 Å². The van der Waals surface area contributed by atoms with Crippen molar-refractivity contribution in [2.45, 2.75) is 120 Å². The third-order valence-electron chi connectivity index (χ3n) is 12.0. The first kappa shape index (κ1) is 27.8. The van der Waals surface area contributed by atoms with E-state index in [1.807, 2.05) is 0 Å². The number of aliphatic hydroxyl groups is 5. The molecule has 2 aliphatic heterocycles. The molecule has 6 aliphatic rings. The Morgan fingerprint density at radius 3 is 2.41 bits per heavy atom. The number of carbonyl (C=O) groups excluding carboxylic acids is 2. The van der Waals surface area contributed by atoms with Crippen molar-refractivity contribution in [2.75, 3.05) is 6.61 Å². The van der Waals surface area contributed by atoms with Crippen molar-refractivity contribution in [3.05, 3.63) is 11.6 Å². The van der Waals surface area contributed by atoms with E-state index in [0.29, 0.717) is 44.9 Å². The number of fused-ring (bicyclic) bond motifs is 5. The first-order chi connectivity index (χ1) is 18.4. The summed E-state index contributed by atoms with van der Waals surface area (Å²) >= 11 is 0. The van der Waals surface area contributed by atoms with Crippen LogP contribution >= 0.6 is 0 Å². The molecule has 0 aromatic rings. The summed E-state index contributed by atoms with van der Waals surface area (Å²) in [6.45, 7) is 3.98. The van der Waals surface area contributed by atoms with Crippen LogP contribution in [0, 0.1) is 28.6 Å². The van der Waals surface area contributed by atoms with Crippen LogP contribution < -0.4 is 0 Å². The van der Waals surface area contributed by atoms with E-state index in [9.17, 15) is 35.1 Å². The van der Waals surface area contributed by atoms with Crippen LogP contribution in [0.3, 0.4) is 0 Å². The number of carbonyl (C=O) groups is 2. The monoisotopic (exact) mass is 550 g/mol. The Morgan fingerprint density at radius 2 is 1.72 bits per heavy atom. The molecule has 1 saturated heterocycles. The van der Waals surface area contributed by atoms with Crippen LogP contribution in [0.1, 0.15) is 71.6 Å². The molecule has 4 aliphatic carbocycles. The van der Waals surface area contributed by atoms with Gasteiger partial charge in [0, 0.05) is 17.9 Å². The minimum absolute atomic E-state index is 0.0465. The van der Waals surface area contributed by atoms with Gasteiger partial charge in [0.05, 0.1) is 28.8 Å². The van der Waals surface area contributed by atoms with E-state index in [0.717, 1.165) is 18.3 Å². The van der Waals surface area contributed by atoms with Gasteiger partial charge in [0.1, 0.15) is 31.2 Å². The first-order valence-electron chi connectivity index (χ1n) is 14.5. The van der Waals surface area contributed by atoms with E-state index < -0.39 is 58.8 Å². The Morgan fingerprint density at radius 1 is 0.974 bits per heavy atom. The molecule has 39 heavy (non-hydrogen) atoms. The number of ether oxygens (including phenoxy) is 3. The van der Waals surface area contributed by atoms with E-state index in [2.05, 4.69) is 6.92 Å². The van der Waals surface area contributed by atoms with Crippen molar-refractivity contribution in [2.24, 2.45) is 28.6 Å². The Kier molecular flexibility index (Phi) is 6.62. The predicted molar refractivity (Wildman–Crippen MR) is 135 cm³/mol. The summed E-state index contributed by atoms with van der Waals surface area (Å²) in [7, 11) is 0. The molecule has 218 valence electrons. The molecule has 0 aromatic heterocycles. The van der Waals surface area contributed by atoms with E-state index in [-0.39, 0.29) is 36.8 Å². The summed E-state index contributed by atoms with van der Waals surface area (Å²) < 4.78 is 16.9. The van der Waals surface area contributed by atoms with Gasteiger partial charge in [-0.05, 0) is 81.6 Å². The first-order valence-corrected chi connectivity index (χ1v) is 14.5. The van der Waals surface area contributed by atoms with Gasteiger partial charge in [0.25, 0.3) is 0 Å². The van der Waals surface area contributed by atoms with Gasteiger partial charge in [-0.1, -0.05) is 6.92 Å². The molecule has 5 unspecified atom stereocenters. The number of aliphatic hydroxyl groups excluding tert-OH is 3. The van der Waals surface area contributed by atoms with E-state index in [1.165, 1.54) is 0 Å². The normalized spacial score (nSPS) is 55.2. The van der Waals surface area contributed by atoms with Crippen molar-refractivity contribution < 1.29 is 49.3 Å². The molecule has 13 atom stereocenters. The van der Waals surface area contributed by atoms with Crippen LogP contribution in [0.5, 0.6) is 0 Å². The van der Waals surface area contributed by atoms with Crippen molar-refractivity contribution in [1.29, 1.82) is 0 Å². The van der Waals surface area contributed by atoms with Gasteiger partial charge in [0.2, 0.25) is 0 Å². The summed E-state index contributed by atoms with van der Waals surface area (Å²) in [5.41, 5.74) is -2.86.